The van der Waals surface area contributed by atoms with E-state index in [2.05, 4.69) is 27.7 Å². The zero-order valence-corrected chi connectivity index (χ0v) is 19.1. The number of nitrogens with two attached hydrogens (primary N) is 1. The van der Waals surface area contributed by atoms with E-state index in [1.54, 1.807) is 24.3 Å². The summed E-state index contributed by atoms with van der Waals surface area (Å²) in [5, 5.41) is 0. The molecule has 2 N–H and O–H groups in total. The van der Waals surface area contributed by atoms with Gasteiger partial charge in [-0.1, -0.05) is 71.2 Å². The molecule has 3 aromatic rings. The maximum Gasteiger partial charge on any atom is 0.123 e. The first kappa shape index (κ1) is 26.3. The van der Waals surface area contributed by atoms with Crippen molar-refractivity contribution in [2.24, 2.45) is 5.73 Å². The highest BCUT2D eigenvalue weighted by molar-refractivity contribution is 5.75. The van der Waals surface area contributed by atoms with Crippen molar-refractivity contribution in [3.63, 3.8) is 0 Å². The van der Waals surface area contributed by atoms with Gasteiger partial charge >= 0.3 is 0 Å². The lowest BCUT2D eigenvalue weighted by Crippen LogP contribution is -2.10. The van der Waals surface area contributed by atoms with E-state index in [9.17, 15) is 8.78 Å². The third kappa shape index (κ3) is 9.75. The van der Waals surface area contributed by atoms with Crippen LogP contribution in [0.2, 0.25) is 0 Å². The number of benzene rings is 3. The van der Waals surface area contributed by atoms with Crippen LogP contribution in [0.1, 0.15) is 47.0 Å². The molecule has 0 aliphatic heterocycles. The third-order valence-corrected chi connectivity index (χ3v) is 4.15. The topological polar surface area (TPSA) is 35.2 Å². The molecular weight excluding hydrogens is 392 g/mol. The van der Waals surface area contributed by atoms with Crippen LogP contribution in [0, 0.1) is 11.6 Å². The van der Waals surface area contributed by atoms with Crippen LogP contribution in [0.15, 0.2) is 66.7 Å². The Balaban J connectivity index is 0.000000604. The molecule has 0 heterocycles. The maximum absolute atomic E-state index is 13.2. The van der Waals surface area contributed by atoms with Gasteiger partial charge in [0.2, 0.25) is 0 Å². The van der Waals surface area contributed by atoms with Gasteiger partial charge in [-0.05, 0) is 64.7 Å². The molecule has 3 aromatic carbocycles. The van der Waals surface area contributed by atoms with Gasteiger partial charge in [0.1, 0.15) is 24.0 Å². The molecule has 0 unspecified atom stereocenters. The van der Waals surface area contributed by atoms with Crippen LogP contribution in [0.3, 0.4) is 0 Å². The first-order valence-electron chi connectivity index (χ1n) is 11.0. The molecule has 168 valence electrons. The van der Waals surface area contributed by atoms with Crippen LogP contribution >= 0.6 is 0 Å². The lowest BCUT2D eigenvalue weighted by Gasteiger charge is -2.12. The molecule has 0 spiro atoms. The van der Waals surface area contributed by atoms with Gasteiger partial charge in [-0.15, -0.1) is 0 Å². The molecule has 31 heavy (non-hydrogen) atoms. The number of halogens is 2. The van der Waals surface area contributed by atoms with Crippen molar-refractivity contribution in [2.75, 3.05) is 13.2 Å². The molecule has 0 radical (unpaired) electrons. The Hall–Kier alpha value is -2.72. The number of ether oxygens (including phenoxy) is 1. The van der Waals surface area contributed by atoms with Crippen molar-refractivity contribution in [1.29, 1.82) is 0 Å². The first-order valence-corrected chi connectivity index (χ1v) is 11.0. The second-order valence-electron chi connectivity index (χ2n) is 7.10. The quantitative estimate of drug-likeness (QED) is 0.434. The largest absolute Gasteiger partial charge is 0.492 e. The molecule has 0 amide bonds. The SMILES string of the molecule is CCC.CCCC.NCCOc1cc(-c2ccc(F)cc2)cc(-c2ccc(F)cc2)c1. The highest BCUT2D eigenvalue weighted by Gasteiger charge is 2.07. The molecular formula is C27H35F2NO. The summed E-state index contributed by atoms with van der Waals surface area (Å²) in [6.45, 7) is 9.42. The fraction of sp³-hybridized carbons (Fsp3) is 0.333. The molecule has 0 aromatic heterocycles. The predicted molar refractivity (Wildman–Crippen MR) is 128 cm³/mol. The Kier molecular flexibility index (Phi) is 12.8. The lowest BCUT2D eigenvalue weighted by atomic mass is 9.98. The molecule has 2 nitrogen and oxygen atoms in total. The normalized spacial score (nSPS) is 9.77. The number of unbranched alkanes of at least 4 members (excludes halogenated alkanes) is 1. The average Bonchev–Trinajstić information content (AvgIpc) is 2.79. The van der Waals surface area contributed by atoms with E-state index in [-0.39, 0.29) is 11.6 Å². The van der Waals surface area contributed by atoms with Crippen LogP contribution in [0.25, 0.3) is 22.3 Å². The third-order valence-electron chi connectivity index (χ3n) is 4.15. The summed E-state index contributed by atoms with van der Waals surface area (Å²) in [4.78, 5) is 0. The highest BCUT2D eigenvalue weighted by Crippen LogP contribution is 2.31. The Morgan fingerprint density at radius 2 is 1.03 bits per heavy atom. The van der Waals surface area contributed by atoms with Crippen LogP contribution < -0.4 is 10.5 Å². The Labute approximate surface area is 186 Å². The highest BCUT2D eigenvalue weighted by atomic mass is 19.1. The summed E-state index contributed by atoms with van der Waals surface area (Å²) in [6, 6.07) is 18.3. The van der Waals surface area contributed by atoms with Gasteiger partial charge in [0.05, 0.1) is 0 Å². The van der Waals surface area contributed by atoms with Gasteiger partial charge in [-0.3, -0.25) is 0 Å². The molecule has 0 atom stereocenters. The molecule has 0 bridgehead atoms. The van der Waals surface area contributed by atoms with Crippen molar-refractivity contribution in [2.45, 2.75) is 47.0 Å². The van der Waals surface area contributed by atoms with E-state index in [0.717, 1.165) is 22.3 Å². The summed E-state index contributed by atoms with van der Waals surface area (Å²) < 4.78 is 32.0. The van der Waals surface area contributed by atoms with Crippen LogP contribution in [-0.2, 0) is 0 Å². The van der Waals surface area contributed by atoms with Crippen LogP contribution in [0.5, 0.6) is 5.75 Å². The second kappa shape index (κ2) is 15.1. The standard InChI is InChI=1S/C20H17F2NO.C4H10.C3H8/c21-18-5-1-14(2-6-18)16-11-17(13-20(12-16)24-10-9-23)15-3-7-19(22)8-4-15;1-3-4-2;1-3-2/h1-8,11-13H,9-10,23H2;3-4H2,1-2H3;3H2,1-2H3. The fourth-order valence-corrected chi connectivity index (χ4v) is 2.48. The monoisotopic (exact) mass is 427 g/mol. The zero-order valence-electron chi connectivity index (χ0n) is 19.1. The average molecular weight is 428 g/mol. The predicted octanol–water partition coefficient (Wildman–Crippen LogP) is 7.86. The number of hydrogen-bond donors (Lipinski definition) is 1. The minimum absolute atomic E-state index is 0.284. The number of rotatable bonds is 6. The smallest absolute Gasteiger partial charge is 0.123 e. The van der Waals surface area contributed by atoms with Crippen molar-refractivity contribution >= 4 is 0 Å². The van der Waals surface area contributed by atoms with E-state index >= 15 is 0 Å². The first-order chi connectivity index (χ1) is 15.0. The van der Waals surface area contributed by atoms with E-state index in [1.807, 2.05) is 18.2 Å². The van der Waals surface area contributed by atoms with Crippen LogP contribution in [-0.4, -0.2) is 13.2 Å². The van der Waals surface area contributed by atoms with E-state index in [1.165, 1.54) is 43.5 Å². The number of hydrogen-bond acceptors (Lipinski definition) is 2. The fourth-order valence-electron chi connectivity index (χ4n) is 2.48. The summed E-state index contributed by atoms with van der Waals surface area (Å²) in [6.07, 6.45) is 3.89. The maximum atomic E-state index is 13.2. The van der Waals surface area contributed by atoms with E-state index in [0.29, 0.717) is 18.9 Å². The van der Waals surface area contributed by atoms with Crippen molar-refractivity contribution in [3.05, 3.63) is 78.4 Å². The van der Waals surface area contributed by atoms with Gasteiger partial charge in [0.15, 0.2) is 0 Å². The molecule has 0 saturated carbocycles. The van der Waals surface area contributed by atoms with E-state index in [4.69, 9.17) is 10.5 Å². The Morgan fingerprint density at radius 1 is 0.645 bits per heavy atom. The van der Waals surface area contributed by atoms with E-state index < -0.39 is 0 Å². The summed E-state index contributed by atoms with van der Waals surface area (Å²) in [5.41, 5.74) is 9.03. The van der Waals surface area contributed by atoms with Crippen molar-refractivity contribution in [3.8, 4) is 28.0 Å². The Morgan fingerprint density at radius 3 is 1.35 bits per heavy atom. The molecule has 4 heteroatoms. The van der Waals surface area contributed by atoms with Gasteiger partial charge in [0, 0.05) is 6.54 Å². The molecule has 0 aliphatic carbocycles. The van der Waals surface area contributed by atoms with Gasteiger partial charge < -0.3 is 10.5 Å². The van der Waals surface area contributed by atoms with Gasteiger partial charge in [0.25, 0.3) is 0 Å². The summed E-state index contributed by atoms with van der Waals surface area (Å²) in [7, 11) is 0. The van der Waals surface area contributed by atoms with Gasteiger partial charge in [-0.2, -0.15) is 0 Å². The lowest BCUT2D eigenvalue weighted by molar-refractivity contribution is 0.328. The molecule has 0 saturated heterocycles. The Bertz CT molecular complexity index is 796. The molecule has 0 aliphatic rings. The zero-order chi connectivity index (χ0) is 23.1. The molecule has 3 rings (SSSR count). The van der Waals surface area contributed by atoms with Crippen molar-refractivity contribution < 1.29 is 13.5 Å². The minimum Gasteiger partial charge on any atom is -0.492 e. The minimum atomic E-state index is -0.284. The second-order valence-corrected chi connectivity index (χ2v) is 7.10. The van der Waals surface area contributed by atoms with Crippen molar-refractivity contribution in [1.82, 2.24) is 0 Å². The van der Waals surface area contributed by atoms with Crippen LogP contribution in [0.4, 0.5) is 8.78 Å². The van der Waals surface area contributed by atoms with Gasteiger partial charge in [-0.25, -0.2) is 8.78 Å². The molecule has 0 fully saturated rings. The summed E-state index contributed by atoms with van der Waals surface area (Å²) >= 11 is 0. The summed E-state index contributed by atoms with van der Waals surface area (Å²) in [5.74, 6) is 0.0997.